The lowest BCUT2D eigenvalue weighted by molar-refractivity contribution is -0.119. The molecule has 1 heterocycles. The van der Waals surface area contributed by atoms with E-state index in [0.717, 1.165) is 6.08 Å². The van der Waals surface area contributed by atoms with Crippen LogP contribution in [0.4, 0.5) is 30.2 Å². The third-order valence-electron chi connectivity index (χ3n) is 4.28. The molecular formula is C20H18F3N3O2. The van der Waals surface area contributed by atoms with Crippen molar-refractivity contribution in [1.29, 1.82) is 0 Å². The summed E-state index contributed by atoms with van der Waals surface area (Å²) in [6.07, 6.45) is -3.22. The SMILES string of the molecule is C=CC(=O)Nc1cccc(C(=O)N2CCN(CC(F)(F)F)c3ccccc32)c1. The van der Waals surface area contributed by atoms with Gasteiger partial charge < -0.3 is 15.1 Å². The first-order valence-corrected chi connectivity index (χ1v) is 8.54. The van der Waals surface area contributed by atoms with Gasteiger partial charge in [-0.05, 0) is 36.4 Å². The van der Waals surface area contributed by atoms with Crippen LogP contribution in [-0.2, 0) is 4.79 Å². The van der Waals surface area contributed by atoms with E-state index in [9.17, 15) is 22.8 Å². The summed E-state index contributed by atoms with van der Waals surface area (Å²) in [4.78, 5) is 27.1. The fraction of sp³-hybridized carbons (Fsp3) is 0.200. The molecular weight excluding hydrogens is 371 g/mol. The van der Waals surface area contributed by atoms with Gasteiger partial charge in [0.2, 0.25) is 5.91 Å². The Hall–Kier alpha value is -3.29. The molecule has 0 aliphatic carbocycles. The highest BCUT2D eigenvalue weighted by atomic mass is 19.4. The number of rotatable bonds is 4. The average molecular weight is 389 g/mol. The lowest BCUT2D eigenvalue weighted by Crippen LogP contribution is -2.47. The van der Waals surface area contributed by atoms with Crippen molar-refractivity contribution < 1.29 is 22.8 Å². The van der Waals surface area contributed by atoms with Crippen LogP contribution in [0.2, 0.25) is 0 Å². The van der Waals surface area contributed by atoms with Crippen molar-refractivity contribution in [2.24, 2.45) is 0 Å². The zero-order chi connectivity index (χ0) is 20.3. The van der Waals surface area contributed by atoms with E-state index < -0.39 is 18.6 Å². The third-order valence-corrected chi connectivity index (χ3v) is 4.28. The molecule has 146 valence electrons. The van der Waals surface area contributed by atoms with Crippen LogP contribution in [0.25, 0.3) is 0 Å². The van der Waals surface area contributed by atoms with E-state index in [-0.39, 0.29) is 19.0 Å². The standard InChI is InChI=1S/C20H18F3N3O2/c1-2-18(27)24-15-7-5-6-14(12-15)19(28)26-11-10-25(13-20(21,22)23)16-8-3-4-9-17(16)26/h2-9,12H,1,10-11,13H2,(H,24,27). The third kappa shape index (κ3) is 4.33. The molecule has 1 aliphatic heterocycles. The van der Waals surface area contributed by atoms with Crippen LogP contribution in [0.3, 0.4) is 0 Å². The van der Waals surface area contributed by atoms with E-state index in [4.69, 9.17) is 0 Å². The van der Waals surface area contributed by atoms with E-state index in [0.29, 0.717) is 22.6 Å². The number of hydrogen-bond acceptors (Lipinski definition) is 3. The van der Waals surface area contributed by atoms with Crippen LogP contribution in [0.1, 0.15) is 10.4 Å². The van der Waals surface area contributed by atoms with Crippen molar-refractivity contribution in [3.8, 4) is 0 Å². The highest BCUT2D eigenvalue weighted by molar-refractivity contribution is 6.09. The van der Waals surface area contributed by atoms with Crippen LogP contribution in [0.5, 0.6) is 0 Å². The van der Waals surface area contributed by atoms with Crippen molar-refractivity contribution in [3.05, 3.63) is 66.7 Å². The minimum Gasteiger partial charge on any atom is -0.359 e. The Bertz CT molecular complexity index is 912. The predicted molar refractivity (Wildman–Crippen MR) is 102 cm³/mol. The Kier molecular flexibility index (Phi) is 5.39. The molecule has 0 fully saturated rings. The number of amides is 2. The molecule has 0 unspecified atom stereocenters. The first kappa shape index (κ1) is 19.5. The maximum absolute atomic E-state index is 13.0. The maximum Gasteiger partial charge on any atom is 0.405 e. The summed E-state index contributed by atoms with van der Waals surface area (Å²) in [6.45, 7) is 2.48. The normalized spacial score (nSPS) is 13.7. The molecule has 1 aliphatic rings. The summed E-state index contributed by atoms with van der Waals surface area (Å²) in [7, 11) is 0. The molecule has 2 amide bonds. The second-order valence-corrected chi connectivity index (χ2v) is 6.26. The van der Waals surface area contributed by atoms with Gasteiger partial charge in [0.15, 0.2) is 0 Å². The van der Waals surface area contributed by atoms with Crippen molar-refractivity contribution in [3.63, 3.8) is 0 Å². The van der Waals surface area contributed by atoms with Crippen molar-refractivity contribution >= 4 is 28.9 Å². The molecule has 0 aromatic heterocycles. The molecule has 0 saturated heterocycles. The quantitative estimate of drug-likeness (QED) is 0.809. The van der Waals surface area contributed by atoms with Crippen molar-refractivity contribution in [1.82, 2.24) is 0 Å². The Morgan fingerprint density at radius 1 is 1.07 bits per heavy atom. The van der Waals surface area contributed by atoms with Gasteiger partial charge in [0.1, 0.15) is 6.54 Å². The molecule has 0 spiro atoms. The van der Waals surface area contributed by atoms with Gasteiger partial charge >= 0.3 is 6.18 Å². The number of fused-ring (bicyclic) bond motifs is 1. The van der Waals surface area contributed by atoms with E-state index in [1.807, 2.05) is 0 Å². The van der Waals surface area contributed by atoms with Gasteiger partial charge in [0.05, 0.1) is 11.4 Å². The van der Waals surface area contributed by atoms with E-state index in [1.165, 1.54) is 15.9 Å². The lowest BCUT2D eigenvalue weighted by atomic mass is 10.1. The second-order valence-electron chi connectivity index (χ2n) is 6.26. The lowest BCUT2D eigenvalue weighted by Gasteiger charge is -2.38. The summed E-state index contributed by atoms with van der Waals surface area (Å²) < 4.78 is 38.6. The fourth-order valence-electron chi connectivity index (χ4n) is 3.09. The highest BCUT2D eigenvalue weighted by Crippen LogP contribution is 2.35. The summed E-state index contributed by atoms with van der Waals surface area (Å²) in [5.74, 6) is -0.760. The Labute approximate surface area is 160 Å². The molecule has 0 bridgehead atoms. The number of nitrogens with one attached hydrogen (secondary N) is 1. The number of carbonyl (C=O) groups is 2. The molecule has 8 heteroatoms. The van der Waals surface area contributed by atoms with Crippen LogP contribution in [-0.4, -0.2) is 37.6 Å². The Morgan fingerprint density at radius 2 is 1.79 bits per heavy atom. The summed E-state index contributed by atoms with van der Waals surface area (Å²) in [5.41, 5.74) is 1.53. The summed E-state index contributed by atoms with van der Waals surface area (Å²) in [6, 6.07) is 12.9. The molecule has 1 N–H and O–H groups in total. The van der Waals surface area contributed by atoms with E-state index >= 15 is 0 Å². The van der Waals surface area contributed by atoms with Crippen LogP contribution in [0.15, 0.2) is 61.2 Å². The van der Waals surface area contributed by atoms with Crippen LogP contribution >= 0.6 is 0 Å². The number of halogens is 3. The average Bonchev–Trinajstić information content (AvgIpc) is 2.67. The number of anilines is 3. The van der Waals surface area contributed by atoms with Crippen LogP contribution in [0, 0.1) is 0 Å². The number of carbonyl (C=O) groups excluding carboxylic acids is 2. The molecule has 2 aromatic rings. The molecule has 0 atom stereocenters. The number of para-hydroxylation sites is 2. The predicted octanol–water partition coefficient (Wildman–Crippen LogP) is 3.84. The topological polar surface area (TPSA) is 52.7 Å². The van der Waals surface area contributed by atoms with Crippen molar-refractivity contribution in [2.75, 3.05) is 34.8 Å². The monoisotopic (exact) mass is 389 g/mol. The molecule has 28 heavy (non-hydrogen) atoms. The number of benzene rings is 2. The van der Waals surface area contributed by atoms with Gasteiger partial charge in [-0.1, -0.05) is 24.8 Å². The molecule has 3 rings (SSSR count). The van der Waals surface area contributed by atoms with Gasteiger partial charge in [0, 0.05) is 24.3 Å². The molecule has 2 aromatic carbocycles. The smallest absolute Gasteiger partial charge is 0.359 e. The van der Waals surface area contributed by atoms with Crippen molar-refractivity contribution in [2.45, 2.75) is 6.18 Å². The maximum atomic E-state index is 13.0. The molecule has 5 nitrogen and oxygen atoms in total. The number of alkyl halides is 3. The van der Waals surface area contributed by atoms with Gasteiger partial charge in [-0.25, -0.2) is 0 Å². The zero-order valence-corrected chi connectivity index (χ0v) is 14.9. The first-order valence-electron chi connectivity index (χ1n) is 8.54. The summed E-state index contributed by atoms with van der Waals surface area (Å²) >= 11 is 0. The largest absolute Gasteiger partial charge is 0.405 e. The van der Waals surface area contributed by atoms with E-state index in [1.54, 1.807) is 42.5 Å². The Balaban J connectivity index is 1.88. The fourth-order valence-corrected chi connectivity index (χ4v) is 3.09. The number of nitrogens with zero attached hydrogens (tertiary/aromatic N) is 2. The van der Waals surface area contributed by atoms with E-state index in [2.05, 4.69) is 11.9 Å². The van der Waals surface area contributed by atoms with Gasteiger partial charge in [-0.3, -0.25) is 9.59 Å². The highest BCUT2D eigenvalue weighted by Gasteiger charge is 2.35. The van der Waals surface area contributed by atoms with Gasteiger partial charge in [-0.15, -0.1) is 0 Å². The van der Waals surface area contributed by atoms with Gasteiger partial charge in [0.25, 0.3) is 5.91 Å². The minimum atomic E-state index is -4.34. The second kappa shape index (κ2) is 7.75. The Morgan fingerprint density at radius 3 is 2.46 bits per heavy atom. The zero-order valence-electron chi connectivity index (χ0n) is 14.9. The number of hydrogen-bond donors (Lipinski definition) is 1. The van der Waals surface area contributed by atoms with Gasteiger partial charge in [-0.2, -0.15) is 13.2 Å². The first-order chi connectivity index (χ1) is 13.3. The molecule has 0 saturated carbocycles. The summed E-state index contributed by atoms with van der Waals surface area (Å²) in [5, 5.41) is 2.58. The molecule has 0 radical (unpaired) electrons. The van der Waals surface area contributed by atoms with Crippen LogP contribution < -0.4 is 15.1 Å². The minimum absolute atomic E-state index is 0.0646.